The zero-order valence-corrected chi connectivity index (χ0v) is 21.5. The summed E-state index contributed by atoms with van der Waals surface area (Å²) in [4.78, 5) is 33.5. The Labute approximate surface area is 229 Å². The van der Waals surface area contributed by atoms with Gasteiger partial charge in [-0.25, -0.2) is 10.1 Å². The number of amides is 1. The molecule has 0 radical (unpaired) electrons. The molecule has 11 nitrogen and oxygen atoms in total. The van der Waals surface area contributed by atoms with Gasteiger partial charge in [0.15, 0.2) is 11.6 Å². The third kappa shape index (κ3) is 6.19. The number of ether oxygens (including phenoxy) is 3. The maximum absolute atomic E-state index is 13.6. The van der Waals surface area contributed by atoms with Crippen molar-refractivity contribution >= 4 is 17.4 Å². The first-order chi connectivity index (χ1) is 19.4. The van der Waals surface area contributed by atoms with E-state index >= 15 is 0 Å². The Morgan fingerprint density at radius 3 is 2.63 bits per heavy atom. The standard InChI is InChI=1S/C24H26F6N6O5/c25-23(26,27)14-7-18-21(31-8-14)36-3-2-34(10-15(36)13-41-18)19(37)1-5-39-11-16-12-40-6-4-35(16)17-9-32-33-22(38)20(17)24(28,29)30/h7-9,15-16H,1-6,10-13H2,(H,33,38)/t15-,16?/m0/s1. The summed E-state index contributed by atoms with van der Waals surface area (Å²) in [5.74, 6) is 0.127. The van der Waals surface area contributed by atoms with Crippen molar-refractivity contribution in [1.82, 2.24) is 20.1 Å². The first kappa shape index (κ1) is 28.9. The molecule has 2 fully saturated rings. The van der Waals surface area contributed by atoms with Gasteiger partial charge in [0.2, 0.25) is 5.91 Å². The fourth-order valence-corrected chi connectivity index (χ4v) is 5.13. The van der Waals surface area contributed by atoms with Crippen LogP contribution in [0.3, 0.4) is 0 Å². The van der Waals surface area contributed by atoms with Crippen molar-refractivity contribution in [2.75, 3.05) is 69.0 Å². The number of morpholine rings is 1. The summed E-state index contributed by atoms with van der Waals surface area (Å²) < 4.78 is 96.3. The van der Waals surface area contributed by atoms with Gasteiger partial charge in [0.05, 0.1) is 62.4 Å². The summed E-state index contributed by atoms with van der Waals surface area (Å²) in [5, 5.41) is 5.34. The van der Waals surface area contributed by atoms with E-state index in [-0.39, 0.29) is 75.9 Å². The number of anilines is 2. The average Bonchev–Trinajstić information content (AvgIpc) is 2.93. The first-order valence-corrected chi connectivity index (χ1v) is 12.7. The number of rotatable bonds is 6. The van der Waals surface area contributed by atoms with E-state index < -0.39 is 35.1 Å². The van der Waals surface area contributed by atoms with Crippen molar-refractivity contribution in [3.63, 3.8) is 0 Å². The van der Waals surface area contributed by atoms with Crippen molar-refractivity contribution in [3.8, 4) is 5.75 Å². The Hall–Kier alpha value is -3.60. The van der Waals surface area contributed by atoms with Gasteiger partial charge in [-0.15, -0.1) is 0 Å². The summed E-state index contributed by atoms with van der Waals surface area (Å²) in [5.41, 5.74) is -3.96. The number of hydrogen-bond acceptors (Lipinski definition) is 9. The van der Waals surface area contributed by atoms with E-state index in [1.165, 1.54) is 4.90 Å². The van der Waals surface area contributed by atoms with Crippen molar-refractivity contribution in [3.05, 3.63) is 39.9 Å². The van der Waals surface area contributed by atoms with Gasteiger partial charge in [0.1, 0.15) is 12.2 Å². The van der Waals surface area contributed by atoms with Crippen molar-refractivity contribution in [1.29, 1.82) is 0 Å². The molecule has 5 rings (SSSR count). The summed E-state index contributed by atoms with van der Waals surface area (Å²) in [7, 11) is 0. The van der Waals surface area contributed by atoms with Crippen LogP contribution < -0.4 is 20.1 Å². The number of nitrogens with one attached hydrogen (secondary N) is 1. The number of piperazine rings is 1. The van der Waals surface area contributed by atoms with Crippen LogP contribution in [0, 0.1) is 0 Å². The van der Waals surface area contributed by atoms with Crippen LogP contribution in [0.1, 0.15) is 17.5 Å². The number of carbonyl (C=O) groups is 1. The molecule has 0 aliphatic carbocycles. The fourth-order valence-electron chi connectivity index (χ4n) is 5.13. The van der Waals surface area contributed by atoms with Crippen molar-refractivity contribution < 1.29 is 45.3 Å². The Morgan fingerprint density at radius 2 is 1.88 bits per heavy atom. The molecule has 0 spiro atoms. The molecule has 1 unspecified atom stereocenters. The predicted octanol–water partition coefficient (Wildman–Crippen LogP) is 1.92. The van der Waals surface area contributed by atoms with Crippen LogP contribution in [0.4, 0.5) is 37.8 Å². The molecule has 3 aliphatic rings. The Bertz CT molecular complexity index is 1320. The highest BCUT2D eigenvalue weighted by atomic mass is 19.4. The van der Waals surface area contributed by atoms with Gasteiger partial charge in [-0.05, 0) is 6.07 Å². The lowest BCUT2D eigenvalue weighted by molar-refractivity contribution is -0.139. The summed E-state index contributed by atoms with van der Waals surface area (Å²) in [6, 6.07) is -0.0111. The van der Waals surface area contributed by atoms with Crippen molar-refractivity contribution in [2.45, 2.75) is 30.9 Å². The topological polar surface area (TPSA) is 113 Å². The molecule has 1 N–H and O–H groups in total. The van der Waals surface area contributed by atoms with Gasteiger partial charge in [0.25, 0.3) is 5.56 Å². The molecule has 0 aromatic carbocycles. The van der Waals surface area contributed by atoms with Crippen LogP contribution >= 0.6 is 0 Å². The van der Waals surface area contributed by atoms with E-state index in [1.807, 2.05) is 10.00 Å². The first-order valence-electron chi connectivity index (χ1n) is 12.7. The van der Waals surface area contributed by atoms with E-state index in [9.17, 15) is 35.9 Å². The minimum absolute atomic E-state index is 0.00505. The molecule has 224 valence electrons. The van der Waals surface area contributed by atoms with E-state index in [0.29, 0.717) is 18.9 Å². The maximum Gasteiger partial charge on any atom is 0.423 e. The molecule has 3 aliphatic heterocycles. The molecular formula is C24H26F6N6O5. The Kier molecular flexibility index (Phi) is 8.00. The number of aromatic amines is 1. The molecular weight excluding hydrogens is 566 g/mol. The summed E-state index contributed by atoms with van der Waals surface area (Å²) >= 11 is 0. The lowest BCUT2D eigenvalue weighted by Crippen LogP contribution is -2.58. The zero-order chi connectivity index (χ0) is 29.4. The minimum atomic E-state index is -4.89. The highest BCUT2D eigenvalue weighted by molar-refractivity contribution is 5.77. The summed E-state index contributed by atoms with van der Waals surface area (Å²) in [6.45, 7) is 1.28. The SMILES string of the molecule is O=C(CCOCC1COCCN1c1cn[nH]c(=O)c1C(F)(F)F)N1CCN2c3ncc(C(F)(F)F)cc3OC[C@@H]2C1. The predicted molar refractivity (Wildman–Crippen MR) is 130 cm³/mol. The van der Waals surface area contributed by atoms with Gasteiger partial charge in [-0.1, -0.05) is 0 Å². The second kappa shape index (κ2) is 11.3. The smallest absolute Gasteiger partial charge is 0.423 e. The number of aromatic nitrogens is 3. The van der Waals surface area contributed by atoms with Gasteiger partial charge in [-0.2, -0.15) is 31.4 Å². The number of halogens is 6. The second-order valence-corrected chi connectivity index (χ2v) is 9.75. The molecule has 2 aromatic heterocycles. The number of fused-ring (bicyclic) bond motifs is 3. The molecule has 1 amide bonds. The number of alkyl halides is 6. The lowest BCUT2D eigenvalue weighted by atomic mass is 10.1. The van der Waals surface area contributed by atoms with Crippen molar-refractivity contribution in [2.24, 2.45) is 0 Å². The Balaban J connectivity index is 1.14. The van der Waals surface area contributed by atoms with Gasteiger partial charge < -0.3 is 28.9 Å². The molecule has 0 saturated carbocycles. The number of nitrogens with zero attached hydrogens (tertiary/aromatic N) is 5. The molecule has 0 bridgehead atoms. The molecule has 2 aromatic rings. The van der Waals surface area contributed by atoms with E-state index in [4.69, 9.17) is 14.2 Å². The van der Waals surface area contributed by atoms with E-state index in [1.54, 1.807) is 4.90 Å². The van der Waals surface area contributed by atoms with Gasteiger partial charge in [-0.3, -0.25) is 9.59 Å². The minimum Gasteiger partial charge on any atom is -0.487 e. The van der Waals surface area contributed by atoms with Crippen LogP contribution in [0.25, 0.3) is 0 Å². The quantitative estimate of drug-likeness (QED) is 0.397. The van der Waals surface area contributed by atoms with Crippen LogP contribution in [0.15, 0.2) is 23.3 Å². The number of carbonyl (C=O) groups excluding carboxylic acids is 1. The number of H-pyrrole nitrogens is 1. The molecule has 2 atom stereocenters. The monoisotopic (exact) mass is 592 g/mol. The van der Waals surface area contributed by atoms with Gasteiger partial charge >= 0.3 is 12.4 Å². The number of hydrogen-bond donors (Lipinski definition) is 1. The lowest BCUT2D eigenvalue weighted by Gasteiger charge is -2.44. The van der Waals surface area contributed by atoms with Gasteiger partial charge in [0, 0.05) is 32.4 Å². The van der Waals surface area contributed by atoms with Crippen LogP contribution in [0.2, 0.25) is 0 Å². The number of pyridine rings is 1. The molecule has 41 heavy (non-hydrogen) atoms. The fraction of sp³-hybridized carbons (Fsp3) is 0.583. The maximum atomic E-state index is 13.6. The highest BCUT2D eigenvalue weighted by Crippen LogP contribution is 2.38. The second-order valence-electron chi connectivity index (χ2n) is 9.75. The normalized spacial score (nSPS) is 21.3. The summed E-state index contributed by atoms with van der Waals surface area (Å²) in [6.07, 6.45) is -7.72. The Morgan fingerprint density at radius 1 is 1.07 bits per heavy atom. The zero-order valence-electron chi connectivity index (χ0n) is 21.5. The van der Waals surface area contributed by atoms with Crippen LogP contribution in [0.5, 0.6) is 5.75 Å². The van der Waals surface area contributed by atoms with Crippen LogP contribution in [-0.2, 0) is 26.6 Å². The molecule has 17 heteroatoms. The largest absolute Gasteiger partial charge is 0.487 e. The van der Waals surface area contributed by atoms with Crippen LogP contribution in [-0.4, -0.2) is 97.3 Å². The average molecular weight is 592 g/mol. The molecule has 2 saturated heterocycles. The third-order valence-electron chi connectivity index (χ3n) is 7.13. The third-order valence-corrected chi connectivity index (χ3v) is 7.13. The highest BCUT2D eigenvalue weighted by Gasteiger charge is 2.41. The molecule has 5 heterocycles. The van der Waals surface area contributed by atoms with E-state index in [2.05, 4.69) is 10.1 Å². The van der Waals surface area contributed by atoms with E-state index in [0.717, 1.165) is 18.5 Å².